The SMILES string of the molecule is CC[C@H](N)[C@@H](O)c1ccc(N)cc1C. The minimum absolute atomic E-state index is 0.211. The number of hydrogen-bond donors (Lipinski definition) is 3. The Bertz CT molecular complexity index is 312. The van der Waals surface area contributed by atoms with E-state index in [0.717, 1.165) is 17.5 Å². The van der Waals surface area contributed by atoms with Gasteiger partial charge in [-0.3, -0.25) is 0 Å². The van der Waals surface area contributed by atoms with Crippen molar-refractivity contribution in [2.75, 3.05) is 5.73 Å². The minimum Gasteiger partial charge on any atom is -0.399 e. The summed E-state index contributed by atoms with van der Waals surface area (Å²) in [4.78, 5) is 0. The third-order valence-corrected chi connectivity index (χ3v) is 2.49. The van der Waals surface area contributed by atoms with Crippen LogP contribution in [0.15, 0.2) is 18.2 Å². The average Bonchev–Trinajstić information content (AvgIpc) is 2.15. The summed E-state index contributed by atoms with van der Waals surface area (Å²) in [7, 11) is 0. The van der Waals surface area contributed by atoms with E-state index in [4.69, 9.17) is 11.5 Å². The van der Waals surface area contributed by atoms with Gasteiger partial charge in [-0.05, 0) is 36.6 Å². The third kappa shape index (κ3) is 2.25. The first-order chi connectivity index (χ1) is 6.56. The molecule has 0 saturated heterocycles. The molecule has 0 saturated carbocycles. The Morgan fingerprint density at radius 1 is 1.43 bits per heavy atom. The van der Waals surface area contributed by atoms with Crippen LogP contribution in [0.4, 0.5) is 5.69 Å². The van der Waals surface area contributed by atoms with Crippen LogP contribution in [0.25, 0.3) is 0 Å². The second kappa shape index (κ2) is 4.44. The predicted molar refractivity (Wildman–Crippen MR) is 58.8 cm³/mol. The maximum atomic E-state index is 9.89. The van der Waals surface area contributed by atoms with Gasteiger partial charge in [0.25, 0.3) is 0 Å². The molecule has 0 aliphatic rings. The molecular weight excluding hydrogens is 176 g/mol. The number of nitrogens with two attached hydrogens (primary N) is 2. The zero-order valence-corrected chi connectivity index (χ0v) is 8.70. The van der Waals surface area contributed by atoms with Crippen LogP contribution >= 0.6 is 0 Å². The van der Waals surface area contributed by atoms with Crippen molar-refractivity contribution in [1.29, 1.82) is 0 Å². The number of anilines is 1. The van der Waals surface area contributed by atoms with Gasteiger partial charge in [0.1, 0.15) is 0 Å². The number of aliphatic hydroxyl groups is 1. The predicted octanol–water partition coefficient (Wildman–Crippen LogP) is 1.35. The van der Waals surface area contributed by atoms with Crippen LogP contribution in [-0.4, -0.2) is 11.1 Å². The van der Waals surface area contributed by atoms with Crippen molar-refractivity contribution in [3.8, 4) is 0 Å². The summed E-state index contributed by atoms with van der Waals surface area (Å²) < 4.78 is 0. The maximum absolute atomic E-state index is 9.89. The molecule has 0 amide bonds. The van der Waals surface area contributed by atoms with E-state index in [2.05, 4.69) is 0 Å². The Kier molecular flexibility index (Phi) is 3.49. The highest BCUT2D eigenvalue weighted by Gasteiger charge is 2.16. The fourth-order valence-electron chi connectivity index (χ4n) is 1.48. The molecule has 3 heteroatoms. The Labute approximate surface area is 84.7 Å². The first kappa shape index (κ1) is 11.0. The van der Waals surface area contributed by atoms with Gasteiger partial charge in [-0.1, -0.05) is 13.0 Å². The molecule has 1 aromatic rings. The molecule has 0 aliphatic heterocycles. The van der Waals surface area contributed by atoms with Gasteiger partial charge in [0.15, 0.2) is 0 Å². The lowest BCUT2D eigenvalue weighted by molar-refractivity contribution is 0.144. The Hall–Kier alpha value is -1.06. The molecule has 0 fully saturated rings. The molecule has 0 radical (unpaired) electrons. The lowest BCUT2D eigenvalue weighted by atomic mass is 9.97. The van der Waals surface area contributed by atoms with Crippen molar-refractivity contribution < 1.29 is 5.11 Å². The minimum atomic E-state index is -0.597. The summed E-state index contributed by atoms with van der Waals surface area (Å²) >= 11 is 0. The summed E-state index contributed by atoms with van der Waals surface area (Å²) in [5.41, 5.74) is 14.0. The van der Waals surface area contributed by atoms with Crippen molar-refractivity contribution in [3.63, 3.8) is 0 Å². The number of nitrogen functional groups attached to an aromatic ring is 1. The molecule has 3 nitrogen and oxygen atoms in total. The van der Waals surface area contributed by atoms with Crippen molar-refractivity contribution in [1.82, 2.24) is 0 Å². The lowest BCUT2D eigenvalue weighted by Gasteiger charge is -2.19. The zero-order valence-electron chi connectivity index (χ0n) is 8.70. The van der Waals surface area contributed by atoms with Crippen molar-refractivity contribution >= 4 is 5.69 Å². The van der Waals surface area contributed by atoms with E-state index >= 15 is 0 Å². The highest BCUT2D eigenvalue weighted by molar-refractivity contribution is 5.45. The molecule has 1 rings (SSSR count). The highest BCUT2D eigenvalue weighted by atomic mass is 16.3. The van der Waals surface area contributed by atoms with E-state index in [1.807, 2.05) is 26.0 Å². The van der Waals surface area contributed by atoms with Crippen LogP contribution in [0, 0.1) is 6.92 Å². The van der Waals surface area contributed by atoms with Crippen molar-refractivity contribution in [2.45, 2.75) is 32.4 Å². The molecule has 78 valence electrons. The first-order valence-corrected chi connectivity index (χ1v) is 4.86. The van der Waals surface area contributed by atoms with Crippen LogP contribution in [0.5, 0.6) is 0 Å². The van der Waals surface area contributed by atoms with E-state index in [1.165, 1.54) is 0 Å². The van der Waals surface area contributed by atoms with Gasteiger partial charge in [0.2, 0.25) is 0 Å². The molecule has 0 heterocycles. The molecule has 2 atom stereocenters. The van der Waals surface area contributed by atoms with Crippen molar-refractivity contribution in [2.24, 2.45) is 5.73 Å². The number of benzene rings is 1. The van der Waals surface area contributed by atoms with E-state index in [9.17, 15) is 5.11 Å². The molecule has 1 aromatic carbocycles. The van der Waals surface area contributed by atoms with Crippen LogP contribution in [-0.2, 0) is 0 Å². The van der Waals surface area contributed by atoms with Crippen molar-refractivity contribution in [3.05, 3.63) is 29.3 Å². The standard InChI is InChI=1S/C11H18N2O/c1-3-10(13)11(14)9-5-4-8(12)6-7(9)2/h4-6,10-11,14H,3,12-13H2,1-2H3/t10-,11-/m0/s1. The molecule has 0 bridgehead atoms. The summed E-state index contributed by atoms with van der Waals surface area (Å²) in [6.45, 7) is 3.89. The lowest BCUT2D eigenvalue weighted by Crippen LogP contribution is -2.27. The number of aryl methyl sites for hydroxylation is 1. The smallest absolute Gasteiger partial charge is 0.0943 e. The van der Waals surface area contributed by atoms with Crippen LogP contribution in [0.1, 0.15) is 30.6 Å². The van der Waals surface area contributed by atoms with Gasteiger partial charge in [-0.25, -0.2) is 0 Å². The van der Waals surface area contributed by atoms with Gasteiger partial charge in [-0.15, -0.1) is 0 Å². The number of aliphatic hydroxyl groups excluding tert-OH is 1. The topological polar surface area (TPSA) is 72.3 Å². The Morgan fingerprint density at radius 2 is 2.07 bits per heavy atom. The second-order valence-corrected chi connectivity index (χ2v) is 3.63. The zero-order chi connectivity index (χ0) is 10.7. The van der Waals surface area contributed by atoms with Crippen LogP contribution in [0.3, 0.4) is 0 Å². The molecule has 5 N–H and O–H groups in total. The van der Waals surface area contributed by atoms with Crippen LogP contribution in [0.2, 0.25) is 0 Å². The molecular formula is C11H18N2O. The van der Waals surface area contributed by atoms with Gasteiger partial charge in [0, 0.05) is 11.7 Å². The number of hydrogen-bond acceptors (Lipinski definition) is 3. The average molecular weight is 194 g/mol. The molecule has 14 heavy (non-hydrogen) atoms. The normalized spacial score (nSPS) is 15.1. The quantitative estimate of drug-likeness (QED) is 0.636. The van der Waals surface area contributed by atoms with Gasteiger partial charge < -0.3 is 16.6 Å². The fourth-order valence-corrected chi connectivity index (χ4v) is 1.48. The van der Waals surface area contributed by atoms with Gasteiger partial charge in [0.05, 0.1) is 6.10 Å². The van der Waals surface area contributed by atoms with E-state index < -0.39 is 6.10 Å². The Balaban J connectivity index is 2.95. The summed E-state index contributed by atoms with van der Waals surface area (Å²) in [6, 6.07) is 5.26. The van der Waals surface area contributed by atoms with Gasteiger partial charge >= 0.3 is 0 Å². The number of rotatable bonds is 3. The van der Waals surface area contributed by atoms with E-state index in [0.29, 0.717) is 5.69 Å². The molecule has 0 spiro atoms. The Morgan fingerprint density at radius 3 is 2.57 bits per heavy atom. The summed E-state index contributed by atoms with van der Waals surface area (Å²) in [5.74, 6) is 0. The third-order valence-electron chi connectivity index (χ3n) is 2.49. The monoisotopic (exact) mass is 194 g/mol. The highest BCUT2D eigenvalue weighted by Crippen LogP contribution is 2.22. The first-order valence-electron chi connectivity index (χ1n) is 4.86. The van der Waals surface area contributed by atoms with E-state index in [1.54, 1.807) is 6.07 Å². The van der Waals surface area contributed by atoms with E-state index in [-0.39, 0.29) is 6.04 Å². The molecule has 0 aromatic heterocycles. The molecule has 0 aliphatic carbocycles. The molecule has 0 unspecified atom stereocenters. The second-order valence-electron chi connectivity index (χ2n) is 3.63. The van der Waals surface area contributed by atoms with Crippen LogP contribution < -0.4 is 11.5 Å². The summed E-state index contributed by atoms with van der Waals surface area (Å²) in [5, 5.41) is 9.89. The largest absolute Gasteiger partial charge is 0.399 e. The summed E-state index contributed by atoms with van der Waals surface area (Å²) in [6.07, 6.45) is 0.158. The maximum Gasteiger partial charge on any atom is 0.0943 e. The van der Waals surface area contributed by atoms with Gasteiger partial charge in [-0.2, -0.15) is 0 Å². The fraction of sp³-hybridized carbons (Fsp3) is 0.455.